The Morgan fingerprint density at radius 2 is 1.42 bits per heavy atom. The number of Topliss-reactive ketones (excluding diaryl/α,β-unsaturated/α-hetero) is 2. The van der Waals surface area contributed by atoms with Crippen LogP contribution in [0.3, 0.4) is 0 Å². The van der Waals surface area contributed by atoms with E-state index in [0.29, 0.717) is 10.6 Å². The lowest BCUT2D eigenvalue weighted by atomic mass is 9.77. The van der Waals surface area contributed by atoms with Gasteiger partial charge in [-0.2, -0.15) is 0 Å². The molecule has 0 radical (unpaired) electrons. The molecule has 168 valence electrons. The van der Waals surface area contributed by atoms with Crippen LogP contribution in [0.15, 0.2) is 48.5 Å². The second-order valence-electron chi connectivity index (χ2n) is 9.34. The fraction of sp³-hybridized carbons (Fsp3) is 0.385. The zero-order valence-corrected chi connectivity index (χ0v) is 18.6. The highest BCUT2D eigenvalue weighted by molar-refractivity contribution is 6.35. The van der Waals surface area contributed by atoms with Crippen LogP contribution in [0.5, 0.6) is 0 Å². The van der Waals surface area contributed by atoms with E-state index in [1.165, 1.54) is 4.90 Å². The average Bonchev–Trinajstić information content (AvgIpc) is 3.40. The zero-order chi connectivity index (χ0) is 22.9. The molecule has 33 heavy (non-hydrogen) atoms. The number of likely N-dealkylation sites (tertiary alicyclic amines) is 1. The van der Waals surface area contributed by atoms with E-state index in [-0.39, 0.29) is 23.1 Å². The summed E-state index contributed by atoms with van der Waals surface area (Å²) in [4.78, 5) is 56.4. The topological polar surface area (TPSA) is 80.8 Å². The van der Waals surface area contributed by atoms with E-state index in [0.717, 1.165) is 32.1 Å². The van der Waals surface area contributed by atoms with E-state index in [1.54, 1.807) is 48.5 Å². The highest BCUT2D eigenvalue weighted by atomic mass is 35.5. The summed E-state index contributed by atoms with van der Waals surface area (Å²) in [7, 11) is 0. The molecular formula is C26H22ClNO5. The number of nitrogens with zero attached hydrogens (tertiary/aromatic N) is 1. The molecule has 0 aromatic heterocycles. The number of halogens is 1. The van der Waals surface area contributed by atoms with Crippen LogP contribution in [0, 0.1) is 11.8 Å². The molecule has 2 aliphatic heterocycles. The fourth-order valence-electron chi connectivity index (χ4n) is 6.23. The monoisotopic (exact) mass is 463 g/mol. The molecule has 2 aromatic rings. The van der Waals surface area contributed by atoms with Crippen LogP contribution in [0.25, 0.3) is 0 Å². The lowest BCUT2D eigenvalue weighted by molar-refractivity contribution is -0.148. The van der Waals surface area contributed by atoms with Crippen molar-refractivity contribution in [3.63, 3.8) is 0 Å². The number of ether oxygens (including phenoxy) is 1. The van der Waals surface area contributed by atoms with Crippen molar-refractivity contribution in [1.29, 1.82) is 0 Å². The quantitative estimate of drug-likeness (QED) is 0.493. The van der Waals surface area contributed by atoms with Crippen LogP contribution in [0.1, 0.15) is 64.5 Å². The Bertz CT molecular complexity index is 1180. The van der Waals surface area contributed by atoms with Gasteiger partial charge < -0.3 is 4.74 Å². The summed E-state index contributed by atoms with van der Waals surface area (Å²) in [6.45, 7) is 0. The van der Waals surface area contributed by atoms with Crippen molar-refractivity contribution in [3.05, 3.63) is 70.2 Å². The zero-order valence-electron chi connectivity index (χ0n) is 17.8. The van der Waals surface area contributed by atoms with Gasteiger partial charge in [-0.15, -0.1) is 0 Å². The van der Waals surface area contributed by atoms with Gasteiger partial charge >= 0.3 is 0 Å². The van der Waals surface area contributed by atoms with Crippen LogP contribution < -0.4 is 0 Å². The molecule has 3 atom stereocenters. The van der Waals surface area contributed by atoms with Crippen molar-refractivity contribution < 1.29 is 23.9 Å². The van der Waals surface area contributed by atoms with E-state index in [9.17, 15) is 19.2 Å². The Labute approximate surface area is 195 Å². The lowest BCUT2D eigenvalue weighted by Crippen LogP contribution is -2.52. The van der Waals surface area contributed by atoms with Crippen molar-refractivity contribution in [2.24, 2.45) is 11.8 Å². The van der Waals surface area contributed by atoms with Crippen LogP contribution in [-0.2, 0) is 14.3 Å². The fourth-order valence-corrected chi connectivity index (χ4v) is 6.47. The van der Waals surface area contributed by atoms with Crippen molar-refractivity contribution in [2.45, 2.75) is 49.9 Å². The third-order valence-electron chi connectivity index (χ3n) is 7.70. The van der Waals surface area contributed by atoms with E-state index in [4.69, 9.17) is 16.3 Å². The van der Waals surface area contributed by atoms with Gasteiger partial charge in [-0.25, -0.2) is 0 Å². The van der Waals surface area contributed by atoms with Gasteiger partial charge in [-0.05, 0) is 18.9 Å². The van der Waals surface area contributed by atoms with Gasteiger partial charge in [0.2, 0.25) is 29.0 Å². The van der Waals surface area contributed by atoms with E-state index < -0.39 is 41.0 Å². The van der Waals surface area contributed by atoms with E-state index in [1.807, 2.05) is 0 Å². The predicted molar refractivity (Wildman–Crippen MR) is 119 cm³/mol. The number of hydrogen-bond acceptors (Lipinski definition) is 5. The molecule has 6 rings (SSSR count). The Hall–Kier alpha value is -2.83. The van der Waals surface area contributed by atoms with Gasteiger partial charge in [0, 0.05) is 27.8 Å². The Kier molecular flexibility index (Phi) is 4.61. The van der Waals surface area contributed by atoms with Crippen LogP contribution in [-0.4, -0.2) is 39.9 Å². The maximum atomic E-state index is 13.8. The predicted octanol–water partition coefficient (Wildman–Crippen LogP) is 4.16. The van der Waals surface area contributed by atoms with Gasteiger partial charge in [0.05, 0.1) is 17.9 Å². The minimum atomic E-state index is -2.03. The number of hydrogen-bond donors (Lipinski definition) is 0. The summed E-state index contributed by atoms with van der Waals surface area (Å²) in [6, 6.07) is 13.2. The number of imide groups is 1. The average molecular weight is 464 g/mol. The SMILES string of the molecule is O=C1[C@@H]2[C@@H](c3ccccc3Cl)OC3(C(=O)c4ccccc4C3=O)[C@@H]2C(=O)N1C1CCCCC1. The molecule has 2 saturated heterocycles. The molecular weight excluding hydrogens is 442 g/mol. The molecule has 2 aliphatic carbocycles. The normalized spacial score (nSPS) is 28.6. The van der Waals surface area contributed by atoms with Gasteiger partial charge in [0.15, 0.2) is 0 Å². The molecule has 1 spiro atoms. The smallest absolute Gasteiger partial charge is 0.237 e. The maximum Gasteiger partial charge on any atom is 0.237 e. The Morgan fingerprint density at radius 3 is 2.06 bits per heavy atom. The third kappa shape index (κ3) is 2.65. The second-order valence-corrected chi connectivity index (χ2v) is 9.75. The number of carbonyl (C=O) groups excluding carboxylic acids is 4. The minimum Gasteiger partial charge on any atom is -0.349 e. The first-order valence-corrected chi connectivity index (χ1v) is 11.8. The molecule has 3 fully saturated rings. The van der Waals surface area contributed by atoms with Gasteiger partial charge in [0.25, 0.3) is 0 Å². The number of rotatable bonds is 2. The van der Waals surface area contributed by atoms with Crippen molar-refractivity contribution in [1.82, 2.24) is 4.90 Å². The summed E-state index contributed by atoms with van der Waals surface area (Å²) >= 11 is 6.46. The molecule has 0 N–H and O–H groups in total. The third-order valence-corrected chi connectivity index (χ3v) is 8.05. The highest BCUT2D eigenvalue weighted by Crippen LogP contribution is 2.58. The highest BCUT2D eigenvalue weighted by Gasteiger charge is 2.75. The number of benzene rings is 2. The standard InChI is InChI=1S/C26H22ClNO5/c27-18-13-7-6-12-17(18)21-19-20(25(32)28(24(19)31)14-8-2-1-3-9-14)26(33-21)22(29)15-10-4-5-11-16(15)23(26)30/h4-7,10-14,19-21H,1-3,8-9H2/t19-,20-,21+/m0/s1. The second kappa shape index (κ2) is 7.34. The first kappa shape index (κ1) is 20.8. The maximum absolute atomic E-state index is 13.8. The summed E-state index contributed by atoms with van der Waals surface area (Å²) in [5, 5.41) is 0.366. The minimum absolute atomic E-state index is 0.206. The molecule has 2 amide bonds. The number of carbonyl (C=O) groups is 4. The van der Waals surface area contributed by atoms with Crippen molar-refractivity contribution in [3.8, 4) is 0 Å². The van der Waals surface area contributed by atoms with Crippen molar-refractivity contribution in [2.75, 3.05) is 0 Å². The Balaban J connectivity index is 1.52. The Morgan fingerprint density at radius 1 is 0.818 bits per heavy atom. The van der Waals surface area contributed by atoms with Gasteiger partial charge in [0.1, 0.15) is 0 Å². The summed E-state index contributed by atoms with van der Waals surface area (Å²) in [5.74, 6) is -4.09. The molecule has 2 heterocycles. The summed E-state index contributed by atoms with van der Waals surface area (Å²) in [6.07, 6.45) is 3.47. The van der Waals surface area contributed by atoms with Crippen molar-refractivity contribution >= 4 is 35.0 Å². The number of fused-ring (bicyclic) bond motifs is 3. The first-order valence-electron chi connectivity index (χ1n) is 11.4. The van der Waals surface area contributed by atoms with Gasteiger partial charge in [-0.3, -0.25) is 24.1 Å². The molecule has 4 aliphatic rings. The summed E-state index contributed by atoms with van der Waals surface area (Å²) in [5.41, 5.74) is -1.06. The molecule has 6 nitrogen and oxygen atoms in total. The first-order chi connectivity index (χ1) is 16.0. The number of ketones is 2. The molecule has 2 aromatic carbocycles. The largest absolute Gasteiger partial charge is 0.349 e. The van der Waals surface area contributed by atoms with Crippen LogP contribution >= 0.6 is 11.6 Å². The van der Waals surface area contributed by atoms with E-state index in [2.05, 4.69) is 0 Å². The lowest BCUT2D eigenvalue weighted by Gasteiger charge is -2.33. The molecule has 0 bridgehead atoms. The summed E-state index contributed by atoms with van der Waals surface area (Å²) < 4.78 is 6.28. The van der Waals surface area contributed by atoms with Gasteiger partial charge in [-0.1, -0.05) is 73.3 Å². The van der Waals surface area contributed by atoms with Crippen LogP contribution in [0.4, 0.5) is 0 Å². The molecule has 1 saturated carbocycles. The molecule has 7 heteroatoms. The van der Waals surface area contributed by atoms with Crippen LogP contribution in [0.2, 0.25) is 5.02 Å². The van der Waals surface area contributed by atoms with E-state index >= 15 is 0 Å². The molecule has 0 unspecified atom stereocenters. The number of amides is 2.